The lowest BCUT2D eigenvalue weighted by molar-refractivity contribution is 0.443. The lowest BCUT2D eigenvalue weighted by Gasteiger charge is -1.98. The summed E-state index contributed by atoms with van der Waals surface area (Å²) in [5.74, 6) is 5.64. The summed E-state index contributed by atoms with van der Waals surface area (Å²) in [6.45, 7) is 1.80. The summed E-state index contributed by atoms with van der Waals surface area (Å²) >= 11 is 5.95. The lowest BCUT2D eigenvalue weighted by Crippen LogP contribution is -2.08. The van der Waals surface area contributed by atoms with E-state index in [0.29, 0.717) is 16.6 Å². The van der Waals surface area contributed by atoms with Gasteiger partial charge in [0.15, 0.2) is 0 Å². The predicted octanol–water partition coefficient (Wildman–Crippen LogP) is 1.47. The number of fused-ring (bicyclic) bond motifs is 1. The highest BCUT2D eigenvalue weighted by molar-refractivity contribution is 6.35. The molecule has 0 radical (unpaired) electrons. The second-order valence-electron chi connectivity index (χ2n) is 2.58. The number of hydrazine groups is 1. The zero-order chi connectivity index (χ0) is 9.42. The van der Waals surface area contributed by atoms with E-state index in [1.807, 2.05) is 0 Å². The van der Waals surface area contributed by atoms with Gasteiger partial charge in [-0.25, -0.2) is 5.84 Å². The summed E-state index contributed by atoms with van der Waals surface area (Å²) in [5.41, 5.74) is 3.49. The Morgan fingerprint density at radius 3 is 3.08 bits per heavy atom. The second-order valence-corrected chi connectivity index (χ2v) is 2.99. The van der Waals surface area contributed by atoms with Gasteiger partial charge in [0.25, 0.3) is 5.71 Å². The van der Waals surface area contributed by atoms with Gasteiger partial charge in [-0.1, -0.05) is 16.8 Å². The van der Waals surface area contributed by atoms with E-state index in [9.17, 15) is 0 Å². The van der Waals surface area contributed by atoms with Crippen LogP contribution in [0.3, 0.4) is 0 Å². The minimum Gasteiger partial charge on any atom is -0.335 e. The highest BCUT2D eigenvalue weighted by Gasteiger charge is 2.10. The van der Waals surface area contributed by atoms with Crippen LogP contribution in [0.15, 0.2) is 10.6 Å². The van der Waals surface area contributed by atoms with Gasteiger partial charge in [0.1, 0.15) is 5.82 Å². The van der Waals surface area contributed by atoms with Crippen LogP contribution in [0.4, 0.5) is 5.82 Å². The summed E-state index contributed by atoms with van der Waals surface area (Å²) in [6.07, 6.45) is 0. The van der Waals surface area contributed by atoms with Crippen molar-refractivity contribution in [1.29, 1.82) is 0 Å². The minimum atomic E-state index is 0.387. The Kier molecular flexibility index (Phi) is 1.82. The Hall–Kier alpha value is -1.33. The Bertz CT molecular complexity index is 453. The number of pyridine rings is 1. The molecule has 3 N–H and O–H groups in total. The predicted molar refractivity (Wildman–Crippen MR) is 49.4 cm³/mol. The number of halogens is 1. The van der Waals surface area contributed by atoms with Gasteiger partial charge in [0.2, 0.25) is 0 Å². The van der Waals surface area contributed by atoms with Crippen molar-refractivity contribution in [3.05, 3.63) is 16.8 Å². The van der Waals surface area contributed by atoms with Crippen LogP contribution >= 0.6 is 11.6 Å². The third-order valence-electron chi connectivity index (χ3n) is 1.72. The molecule has 2 rings (SSSR count). The average molecular weight is 199 g/mol. The van der Waals surface area contributed by atoms with Gasteiger partial charge in [-0.15, -0.1) is 0 Å². The van der Waals surface area contributed by atoms with Crippen LogP contribution in [0.5, 0.6) is 0 Å². The van der Waals surface area contributed by atoms with Gasteiger partial charge in [-0.3, -0.25) is 0 Å². The number of nitrogens with zero attached hydrogens (tertiary/aromatic N) is 2. The van der Waals surface area contributed by atoms with Crippen molar-refractivity contribution < 1.29 is 4.52 Å². The van der Waals surface area contributed by atoms with Crippen LogP contribution < -0.4 is 11.3 Å². The number of hydrogen-bond donors (Lipinski definition) is 2. The monoisotopic (exact) mass is 198 g/mol. The Morgan fingerprint density at radius 1 is 1.62 bits per heavy atom. The largest absolute Gasteiger partial charge is 0.335 e. The maximum atomic E-state index is 5.95. The fraction of sp³-hybridized carbons (Fsp3) is 0.143. The number of aryl methyl sites for hydroxylation is 1. The first-order chi connectivity index (χ1) is 6.22. The first kappa shape index (κ1) is 8.28. The molecule has 0 bridgehead atoms. The van der Waals surface area contributed by atoms with E-state index in [0.717, 1.165) is 11.1 Å². The van der Waals surface area contributed by atoms with Crippen molar-refractivity contribution in [2.45, 2.75) is 6.92 Å². The zero-order valence-electron chi connectivity index (χ0n) is 6.84. The number of nitrogen functional groups attached to an aromatic ring is 1. The number of hydrogen-bond acceptors (Lipinski definition) is 5. The standard InChI is InChI=1S/C7H7ClN4O/c1-3-6-4(8)2-5(11-9)10-7(6)13-12-3/h2H,9H2,1H3,(H,10,11). The van der Waals surface area contributed by atoms with E-state index in [1.165, 1.54) is 0 Å². The molecule has 0 unspecified atom stereocenters. The van der Waals surface area contributed by atoms with Gasteiger partial charge >= 0.3 is 0 Å². The van der Waals surface area contributed by atoms with Crippen LogP contribution in [-0.2, 0) is 0 Å². The molecular formula is C7H7ClN4O. The number of rotatable bonds is 1. The summed E-state index contributed by atoms with van der Waals surface area (Å²) in [7, 11) is 0. The molecule has 0 aliphatic rings. The van der Waals surface area contributed by atoms with Gasteiger partial charge in [-0.2, -0.15) is 4.98 Å². The average Bonchev–Trinajstić information content (AvgIpc) is 2.48. The molecule has 68 valence electrons. The van der Waals surface area contributed by atoms with Crippen molar-refractivity contribution in [2.24, 2.45) is 5.84 Å². The summed E-state index contributed by atoms with van der Waals surface area (Å²) < 4.78 is 4.93. The van der Waals surface area contributed by atoms with Crippen LogP contribution in [0.1, 0.15) is 5.69 Å². The zero-order valence-corrected chi connectivity index (χ0v) is 7.59. The van der Waals surface area contributed by atoms with E-state index in [1.54, 1.807) is 13.0 Å². The Balaban J connectivity index is 2.79. The molecule has 0 saturated carbocycles. The number of nitrogens with one attached hydrogen (secondary N) is 1. The molecule has 0 aliphatic carbocycles. The van der Waals surface area contributed by atoms with Gasteiger partial charge < -0.3 is 9.95 Å². The second kappa shape index (κ2) is 2.86. The molecular weight excluding hydrogens is 192 g/mol. The van der Waals surface area contributed by atoms with Crippen LogP contribution in [0.2, 0.25) is 5.02 Å². The van der Waals surface area contributed by atoms with Crippen molar-refractivity contribution in [3.8, 4) is 0 Å². The third-order valence-corrected chi connectivity index (χ3v) is 2.01. The molecule has 13 heavy (non-hydrogen) atoms. The minimum absolute atomic E-state index is 0.387. The summed E-state index contributed by atoms with van der Waals surface area (Å²) in [6, 6.07) is 1.62. The summed E-state index contributed by atoms with van der Waals surface area (Å²) in [5, 5.41) is 4.99. The highest BCUT2D eigenvalue weighted by atomic mass is 35.5. The van der Waals surface area contributed by atoms with Gasteiger partial charge in [0.05, 0.1) is 16.1 Å². The van der Waals surface area contributed by atoms with E-state index < -0.39 is 0 Å². The molecule has 0 fully saturated rings. The molecule has 0 saturated heterocycles. The van der Waals surface area contributed by atoms with E-state index in [-0.39, 0.29) is 0 Å². The van der Waals surface area contributed by atoms with Crippen LogP contribution in [-0.4, -0.2) is 10.1 Å². The molecule has 0 aromatic carbocycles. The normalized spacial score (nSPS) is 10.7. The van der Waals surface area contributed by atoms with E-state index >= 15 is 0 Å². The quantitative estimate of drug-likeness (QED) is 0.536. The van der Waals surface area contributed by atoms with Crippen molar-refractivity contribution in [3.63, 3.8) is 0 Å². The number of aromatic nitrogens is 2. The molecule has 0 amide bonds. The highest BCUT2D eigenvalue weighted by Crippen LogP contribution is 2.27. The number of anilines is 1. The number of nitrogens with two attached hydrogens (primary N) is 1. The van der Waals surface area contributed by atoms with Gasteiger partial charge in [0, 0.05) is 6.07 Å². The fourth-order valence-corrected chi connectivity index (χ4v) is 1.44. The molecule has 0 aliphatic heterocycles. The smallest absolute Gasteiger partial charge is 0.261 e. The lowest BCUT2D eigenvalue weighted by atomic mass is 10.3. The molecule has 0 spiro atoms. The topological polar surface area (TPSA) is 77.0 Å². The Labute approximate surface area is 78.8 Å². The molecule has 5 nitrogen and oxygen atoms in total. The summed E-state index contributed by atoms with van der Waals surface area (Å²) in [4.78, 5) is 4.03. The van der Waals surface area contributed by atoms with Gasteiger partial charge in [-0.05, 0) is 6.92 Å². The molecule has 2 aromatic heterocycles. The maximum Gasteiger partial charge on any atom is 0.261 e. The third kappa shape index (κ3) is 1.22. The van der Waals surface area contributed by atoms with Crippen LogP contribution in [0.25, 0.3) is 11.1 Å². The van der Waals surface area contributed by atoms with Crippen molar-refractivity contribution >= 4 is 28.5 Å². The fourth-order valence-electron chi connectivity index (χ4n) is 1.12. The van der Waals surface area contributed by atoms with Crippen molar-refractivity contribution in [1.82, 2.24) is 10.1 Å². The SMILES string of the molecule is Cc1noc2nc(NN)cc(Cl)c12. The molecule has 2 heterocycles. The first-order valence-corrected chi connectivity index (χ1v) is 3.99. The molecule has 6 heteroatoms. The van der Waals surface area contributed by atoms with Crippen LogP contribution in [0, 0.1) is 6.92 Å². The Morgan fingerprint density at radius 2 is 2.38 bits per heavy atom. The molecule has 2 aromatic rings. The van der Waals surface area contributed by atoms with E-state index in [2.05, 4.69) is 15.6 Å². The molecule has 0 atom stereocenters. The first-order valence-electron chi connectivity index (χ1n) is 3.61. The maximum absolute atomic E-state index is 5.95. The van der Waals surface area contributed by atoms with Crippen molar-refractivity contribution in [2.75, 3.05) is 5.43 Å². The van der Waals surface area contributed by atoms with E-state index in [4.69, 9.17) is 22.0 Å².